The normalized spacial score (nSPS) is 17.4. The molecule has 7 heteroatoms. The van der Waals surface area contributed by atoms with E-state index in [2.05, 4.69) is 10.3 Å². The number of piperazine rings is 1. The van der Waals surface area contributed by atoms with Crippen molar-refractivity contribution in [1.29, 1.82) is 0 Å². The Bertz CT molecular complexity index is 1080. The molecule has 2 aromatic heterocycles. The number of nitrogens with zero attached hydrogens (tertiary/aromatic N) is 3. The maximum absolute atomic E-state index is 13.5. The van der Waals surface area contributed by atoms with Crippen molar-refractivity contribution >= 4 is 17.3 Å². The van der Waals surface area contributed by atoms with Gasteiger partial charge in [0.25, 0.3) is 5.91 Å². The number of halogens is 1. The van der Waals surface area contributed by atoms with E-state index in [4.69, 9.17) is 0 Å². The summed E-state index contributed by atoms with van der Waals surface area (Å²) in [5.74, 6) is -0.210. The van der Waals surface area contributed by atoms with Crippen LogP contribution in [0.5, 0.6) is 0 Å². The number of aromatic nitrogens is 2. The highest BCUT2D eigenvalue weighted by atomic mass is 19.1. The van der Waals surface area contributed by atoms with Gasteiger partial charge in [-0.1, -0.05) is 39.0 Å². The molecule has 1 aromatic carbocycles. The first-order valence-corrected chi connectivity index (χ1v) is 9.59. The fraction of sp³-hybridized carbons (Fsp3) is 0.318. The van der Waals surface area contributed by atoms with E-state index in [-0.39, 0.29) is 17.2 Å². The van der Waals surface area contributed by atoms with Crippen LogP contribution >= 0.6 is 0 Å². The molecule has 1 N–H and O–H groups in total. The van der Waals surface area contributed by atoms with Crippen molar-refractivity contribution in [1.82, 2.24) is 19.6 Å². The number of nitrogens with one attached hydrogen (secondary N) is 1. The lowest BCUT2D eigenvalue weighted by Crippen LogP contribution is -2.52. The van der Waals surface area contributed by atoms with Crippen molar-refractivity contribution in [3.05, 3.63) is 71.6 Å². The Labute approximate surface area is 168 Å². The molecule has 3 aromatic rings. The zero-order valence-corrected chi connectivity index (χ0v) is 16.6. The zero-order chi connectivity index (χ0) is 20.8. The van der Waals surface area contributed by atoms with Crippen LogP contribution in [0.1, 0.15) is 48.7 Å². The molecule has 1 saturated heterocycles. The molecule has 3 heterocycles. The highest BCUT2D eigenvalue weighted by Crippen LogP contribution is 2.29. The summed E-state index contributed by atoms with van der Waals surface area (Å²) in [6, 6.07) is 10.5. The largest absolute Gasteiger partial charge is 0.352 e. The molecular formula is C22H23FN4O2. The first-order valence-electron chi connectivity index (χ1n) is 9.59. The van der Waals surface area contributed by atoms with Crippen LogP contribution in [-0.4, -0.2) is 39.2 Å². The number of fused-ring (bicyclic) bond motifs is 1. The maximum Gasteiger partial charge on any atom is 0.275 e. The lowest BCUT2D eigenvalue weighted by molar-refractivity contribution is -0.128. The van der Waals surface area contributed by atoms with Crippen LogP contribution < -0.4 is 5.32 Å². The van der Waals surface area contributed by atoms with Crippen LogP contribution in [0.15, 0.2) is 48.7 Å². The van der Waals surface area contributed by atoms with Gasteiger partial charge in [-0.05, 0) is 29.8 Å². The van der Waals surface area contributed by atoms with Gasteiger partial charge in [0.1, 0.15) is 17.7 Å². The number of imidazole rings is 1. The molecule has 0 bridgehead atoms. The average Bonchev–Trinajstić information content (AvgIpc) is 3.08. The molecule has 6 nitrogen and oxygen atoms in total. The third-order valence-electron chi connectivity index (χ3n) is 5.08. The van der Waals surface area contributed by atoms with E-state index < -0.39 is 11.9 Å². The summed E-state index contributed by atoms with van der Waals surface area (Å²) >= 11 is 0. The Balaban J connectivity index is 1.80. The molecule has 0 spiro atoms. The topological polar surface area (TPSA) is 66.7 Å². The number of pyridine rings is 1. The van der Waals surface area contributed by atoms with E-state index in [0.717, 1.165) is 5.82 Å². The minimum absolute atomic E-state index is 0.265. The van der Waals surface area contributed by atoms with Crippen LogP contribution in [0.25, 0.3) is 5.52 Å². The predicted molar refractivity (Wildman–Crippen MR) is 107 cm³/mol. The molecule has 1 unspecified atom stereocenters. The standard InChI is InChI=1S/C22H23FN4O2/c1-22(2,3)21-25-17(16-6-4-5-12-26(16)21)20(29)27-13-11-24-19(28)18(27)14-7-9-15(23)10-8-14/h4-10,12,18H,11,13H2,1-3H3,(H,24,28). The number of carbonyl (C=O) groups excluding carboxylic acids is 2. The van der Waals surface area contributed by atoms with Gasteiger partial charge in [0.15, 0.2) is 5.69 Å². The van der Waals surface area contributed by atoms with Gasteiger partial charge in [-0.2, -0.15) is 0 Å². The molecule has 150 valence electrons. The molecule has 0 saturated carbocycles. The van der Waals surface area contributed by atoms with Crippen molar-refractivity contribution in [2.45, 2.75) is 32.2 Å². The van der Waals surface area contributed by atoms with Gasteiger partial charge in [-0.25, -0.2) is 9.37 Å². The SMILES string of the molecule is CC(C)(C)c1nc(C(=O)N2CCNC(=O)C2c2ccc(F)cc2)c2ccccn12. The Morgan fingerprint density at radius 1 is 1.17 bits per heavy atom. The quantitative estimate of drug-likeness (QED) is 0.726. The van der Waals surface area contributed by atoms with Crippen LogP contribution in [0.2, 0.25) is 0 Å². The van der Waals surface area contributed by atoms with Crippen LogP contribution in [0, 0.1) is 5.82 Å². The number of amides is 2. The number of carbonyl (C=O) groups is 2. The van der Waals surface area contributed by atoms with Gasteiger partial charge in [0.2, 0.25) is 5.91 Å². The van der Waals surface area contributed by atoms with E-state index in [9.17, 15) is 14.0 Å². The van der Waals surface area contributed by atoms with Gasteiger partial charge in [-0.3, -0.25) is 9.59 Å². The highest BCUT2D eigenvalue weighted by molar-refractivity contribution is 6.02. The molecule has 1 fully saturated rings. The molecule has 1 atom stereocenters. The summed E-state index contributed by atoms with van der Waals surface area (Å²) in [5, 5.41) is 2.80. The van der Waals surface area contributed by atoms with Gasteiger partial charge in [0, 0.05) is 24.7 Å². The van der Waals surface area contributed by atoms with Crippen molar-refractivity contribution in [3.8, 4) is 0 Å². The summed E-state index contributed by atoms with van der Waals surface area (Å²) in [6.45, 7) is 6.83. The van der Waals surface area contributed by atoms with Gasteiger partial charge >= 0.3 is 0 Å². The highest BCUT2D eigenvalue weighted by Gasteiger charge is 2.37. The number of hydrogen-bond donors (Lipinski definition) is 1. The maximum atomic E-state index is 13.5. The Kier molecular flexibility index (Phi) is 4.61. The molecule has 1 aliphatic rings. The second kappa shape index (κ2) is 6.99. The van der Waals surface area contributed by atoms with Gasteiger partial charge < -0.3 is 14.6 Å². The van der Waals surface area contributed by atoms with E-state index in [1.54, 1.807) is 0 Å². The van der Waals surface area contributed by atoms with Crippen LogP contribution in [0.3, 0.4) is 0 Å². The Hall–Kier alpha value is -3.22. The van der Waals surface area contributed by atoms with Gasteiger partial charge in [-0.15, -0.1) is 0 Å². The zero-order valence-electron chi connectivity index (χ0n) is 16.6. The fourth-order valence-corrected chi connectivity index (χ4v) is 3.72. The van der Waals surface area contributed by atoms with Crippen molar-refractivity contribution in [3.63, 3.8) is 0 Å². The molecule has 29 heavy (non-hydrogen) atoms. The van der Waals surface area contributed by atoms with Crippen molar-refractivity contribution < 1.29 is 14.0 Å². The summed E-state index contributed by atoms with van der Waals surface area (Å²) < 4.78 is 15.3. The Morgan fingerprint density at radius 3 is 2.59 bits per heavy atom. The predicted octanol–water partition coefficient (Wildman–Crippen LogP) is 3.08. The molecule has 4 rings (SSSR count). The molecule has 0 aliphatic carbocycles. The molecule has 1 aliphatic heterocycles. The van der Waals surface area contributed by atoms with E-state index in [1.807, 2.05) is 49.6 Å². The summed E-state index contributed by atoms with van der Waals surface area (Å²) in [6.07, 6.45) is 1.89. The number of rotatable bonds is 2. The van der Waals surface area contributed by atoms with E-state index >= 15 is 0 Å². The lowest BCUT2D eigenvalue weighted by Gasteiger charge is -2.35. The third kappa shape index (κ3) is 3.37. The van der Waals surface area contributed by atoms with Crippen LogP contribution in [-0.2, 0) is 10.2 Å². The second-order valence-corrected chi connectivity index (χ2v) is 8.23. The summed E-state index contributed by atoms with van der Waals surface area (Å²) in [4.78, 5) is 32.4. The van der Waals surface area contributed by atoms with E-state index in [0.29, 0.717) is 29.9 Å². The van der Waals surface area contributed by atoms with E-state index in [1.165, 1.54) is 29.2 Å². The minimum Gasteiger partial charge on any atom is -0.352 e. The van der Waals surface area contributed by atoms with Crippen molar-refractivity contribution in [2.75, 3.05) is 13.1 Å². The third-order valence-corrected chi connectivity index (χ3v) is 5.08. The van der Waals surface area contributed by atoms with Gasteiger partial charge in [0.05, 0.1) is 5.52 Å². The number of benzene rings is 1. The molecule has 0 radical (unpaired) electrons. The smallest absolute Gasteiger partial charge is 0.275 e. The van der Waals surface area contributed by atoms with Crippen LogP contribution in [0.4, 0.5) is 4.39 Å². The first-order chi connectivity index (χ1) is 13.8. The fourth-order valence-electron chi connectivity index (χ4n) is 3.72. The molecule has 2 amide bonds. The minimum atomic E-state index is -0.824. The Morgan fingerprint density at radius 2 is 1.90 bits per heavy atom. The molecular weight excluding hydrogens is 371 g/mol. The monoisotopic (exact) mass is 394 g/mol. The first kappa shape index (κ1) is 19.1. The lowest BCUT2D eigenvalue weighted by atomic mass is 9.96. The second-order valence-electron chi connectivity index (χ2n) is 8.23. The van der Waals surface area contributed by atoms with Crippen molar-refractivity contribution in [2.24, 2.45) is 0 Å². The summed E-state index contributed by atoms with van der Waals surface area (Å²) in [7, 11) is 0. The average molecular weight is 394 g/mol. The number of hydrogen-bond acceptors (Lipinski definition) is 3. The summed E-state index contributed by atoms with van der Waals surface area (Å²) in [5.41, 5.74) is 1.32.